The zero-order chi connectivity index (χ0) is 13.1. The van der Waals surface area contributed by atoms with Crippen molar-refractivity contribution in [3.05, 3.63) is 33.3 Å². The van der Waals surface area contributed by atoms with Gasteiger partial charge in [-0.25, -0.2) is 0 Å². The van der Waals surface area contributed by atoms with Crippen LogP contribution in [0.4, 0.5) is 11.4 Å². The molecule has 0 bridgehead atoms. The van der Waals surface area contributed by atoms with Crippen molar-refractivity contribution >= 4 is 34.9 Å². The Morgan fingerprint density at radius 2 is 2.06 bits per heavy atom. The maximum absolute atomic E-state index is 10.5. The van der Waals surface area contributed by atoms with Crippen LogP contribution in [0, 0.1) is 10.1 Å². The molecule has 0 aliphatic rings. The van der Waals surface area contributed by atoms with E-state index in [4.69, 9.17) is 11.6 Å². The molecule has 0 fully saturated rings. The van der Waals surface area contributed by atoms with Crippen LogP contribution in [-0.4, -0.2) is 9.67 Å². The molecular weight excluding hydrogens is 262 g/mol. The number of rotatable bonds is 3. The summed E-state index contributed by atoms with van der Waals surface area (Å²) in [5.74, 6) is 0. The molecule has 0 unspecified atom stereocenters. The Bertz CT molecular complexity index is 457. The second-order valence-corrected chi connectivity index (χ2v) is 6.26. The van der Waals surface area contributed by atoms with Crippen molar-refractivity contribution in [3.63, 3.8) is 0 Å². The SMILES string of the molecule is CC(C)(C)SN=Nc1ccc([N+](=O)[O-])cc1Cl. The molecule has 0 spiro atoms. The zero-order valence-electron chi connectivity index (χ0n) is 9.68. The predicted molar refractivity (Wildman–Crippen MR) is 70.0 cm³/mol. The highest BCUT2D eigenvalue weighted by Gasteiger charge is 2.11. The Morgan fingerprint density at radius 1 is 1.41 bits per heavy atom. The first kappa shape index (κ1) is 13.9. The molecule has 1 aromatic rings. The van der Waals surface area contributed by atoms with Crippen molar-refractivity contribution in [2.45, 2.75) is 25.5 Å². The van der Waals surface area contributed by atoms with Crippen LogP contribution in [0.1, 0.15) is 20.8 Å². The highest BCUT2D eigenvalue weighted by atomic mass is 35.5. The molecular formula is C10H12ClN3O2S. The van der Waals surface area contributed by atoms with Gasteiger partial charge in [-0.3, -0.25) is 10.1 Å². The largest absolute Gasteiger partial charge is 0.271 e. The third kappa shape index (κ3) is 4.70. The van der Waals surface area contributed by atoms with Crippen molar-refractivity contribution in [1.82, 2.24) is 0 Å². The number of non-ortho nitro benzene ring substituents is 1. The number of nitro benzene ring substituents is 1. The van der Waals surface area contributed by atoms with Gasteiger partial charge in [0.1, 0.15) is 5.69 Å². The third-order valence-corrected chi connectivity index (χ3v) is 2.62. The van der Waals surface area contributed by atoms with Crippen LogP contribution >= 0.6 is 23.5 Å². The summed E-state index contributed by atoms with van der Waals surface area (Å²) in [6, 6.07) is 4.09. The Kier molecular flexibility index (Phi) is 4.47. The molecule has 0 saturated carbocycles. The maximum Gasteiger partial charge on any atom is 0.271 e. The van der Waals surface area contributed by atoms with Gasteiger partial charge in [0.25, 0.3) is 5.69 Å². The molecule has 0 aromatic heterocycles. The van der Waals surface area contributed by atoms with Crippen LogP contribution in [0.3, 0.4) is 0 Å². The van der Waals surface area contributed by atoms with Crippen LogP contribution in [-0.2, 0) is 0 Å². The van der Waals surface area contributed by atoms with E-state index in [9.17, 15) is 10.1 Å². The summed E-state index contributed by atoms with van der Waals surface area (Å²) in [5, 5.41) is 14.6. The molecule has 7 heteroatoms. The zero-order valence-corrected chi connectivity index (χ0v) is 11.2. The molecule has 0 N–H and O–H groups in total. The summed E-state index contributed by atoms with van der Waals surface area (Å²) < 4.78 is 3.90. The van der Waals surface area contributed by atoms with Gasteiger partial charge >= 0.3 is 0 Å². The minimum Gasteiger partial charge on any atom is -0.258 e. The lowest BCUT2D eigenvalue weighted by Crippen LogP contribution is -2.04. The topological polar surface area (TPSA) is 67.9 Å². The van der Waals surface area contributed by atoms with Crippen LogP contribution in [0.5, 0.6) is 0 Å². The predicted octanol–water partition coefficient (Wildman–Crippen LogP) is 4.78. The Labute approximate surface area is 109 Å². The van der Waals surface area contributed by atoms with Crippen molar-refractivity contribution in [3.8, 4) is 0 Å². The van der Waals surface area contributed by atoms with Gasteiger partial charge in [0.2, 0.25) is 0 Å². The number of hydrogen-bond donors (Lipinski definition) is 0. The van der Waals surface area contributed by atoms with Gasteiger partial charge < -0.3 is 0 Å². The summed E-state index contributed by atoms with van der Waals surface area (Å²) in [6.07, 6.45) is 0. The van der Waals surface area contributed by atoms with E-state index in [-0.39, 0.29) is 15.5 Å². The molecule has 92 valence electrons. The lowest BCUT2D eigenvalue weighted by molar-refractivity contribution is -0.384. The normalized spacial score (nSPS) is 12.0. The minimum absolute atomic E-state index is 0.0310. The standard InChI is InChI=1S/C10H12ClN3O2S/c1-10(2,3)17-13-12-9-5-4-7(14(15)16)6-8(9)11/h4-6H,1-3H3. The van der Waals surface area contributed by atoms with Gasteiger partial charge in [-0.15, -0.1) is 9.63 Å². The van der Waals surface area contributed by atoms with E-state index in [1.165, 1.54) is 30.1 Å². The fourth-order valence-electron chi connectivity index (χ4n) is 0.877. The highest BCUT2D eigenvalue weighted by Crippen LogP contribution is 2.32. The van der Waals surface area contributed by atoms with Crippen molar-refractivity contribution in [2.75, 3.05) is 0 Å². The summed E-state index contributed by atoms with van der Waals surface area (Å²) >= 11 is 7.17. The number of halogens is 1. The quantitative estimate of drug-likeness (QED) is 0.344. The molecule has 0 heterocycles. The van der Waals surface area contributed by atoms with E-state index in [1.807, 2.05) is 20.8 Å². The maximum atomic E-state index is 10.5. The molecule has 17 heavy (non-hydrogen) atoms. The minimum atomic E-state index is -0.503. The lowest BCUT2D eigenvalue weighted by Gasteiger charge is -2.11. The van der Waals surface area contributed by atoms with Crippen LogP contribution in [0.15, 0.2) is 27.8 Å². The van der Waals surface area contributed by atoms with Gasteiger partial charge in [-0.2, -0.15) is 0 Å². The molecule has 0 amide bonds. The van der Waals surface area contributed by atoms with Crippen LogP contribution < -0.4 is 0 Å². The second-order valence-electron chi connectivity index (χ2n) is 4.28. The first-order valence-electron chi connectivity index (χ1n) is 4.83. The number of nitro groups is 1. The summed E-state index contributed by atoms with van der Waals surface area (Å²) in [5.41, 5.74) is 0.367. The molecule has 0 radical (unpaired) electrons. The summed E-state index contributed by atoms with van der Waals surface area (Å²) in [7, 11) is 0. The number of nitrogens with zero attached hydrogens (tertiary/aromatic N) is 3. The Morgan fingerprint density at radius 3 is 2.53 bits per heavy atom. The average molecular weight is 274 g/mol. The highest BCUT2D eigenvalue weighted by molar-refractivity contribution is 7.99. The molecule has 0 saturated heterocycles. The van der Waals surface area contributed by atoms with Crippen LogP contribution in [0.25, 0.3) is 0 Å². The fraction of sp³-hybridized carbons (Fsp3) is 0.400. The monoisotopic (exact) mass is 273 g/mol. The molecule has 0 aliphatic carbocycles. The van der Waals surface area contributed by atoms with Gasteiger partial charge in [0.05, 0.1) is 9.95 Å². The lowest BCUT2D eigenvalue weighted by atomic mass is 10.3. The molecule has 0 atom stereocenters. The van der Waals surface area contributed by atoms with Gasteiger partial charge in [-0.05, 0) is 26.8 Å². The van der Waals surface area contributed by atoms with Gasteiger partial charge in [0, 0.05) is 28.8 Å². The third-order valence-electron chi connectivity index (χ3n) is 1.61. The van der Waals surface area contributed by atoms with Gasteiger partial charge in [0.15, 0.2) is 0 Å². The summed E-state index contributed by atoms with van der Waals surface area (Å²) in [4.78, 5) is 10.00. The van der Waals surface area contributed by atoms with Crippen molar-refractivity contribution < 1.29 is 4.92 Å². The van der Waals surface area contributed by atoms with E-state index in [0.717, 1.165) is 0 Å². The number of hydrogen-bond acceptors (Lipinski definition) is 5. The smallest absolute Gasteiger partial charge is 0.258 e. The van der Waals surface area contributed by atoms with Crippen molar-refractivity contribution in [1.29, 1.82) is 0 Å². The molecule has 0 aliphatic heterocycles. The van der Waals surface area contributed by atoms with E-state index >= 15 is 0 Å². The first-order chi connectivity index (χ1) is 7.79. The molecule has 5 nitrogen and oxygen atoms in total. The number of benzene rings is 1. The Balaban J connectivity index is 2.83. The second kappa shape index (κ2) is 5.46. The van der Waals surface area contributed by atoms with E-state index < -0.39 is 4.92 Å². The van der Waals surface area contributed by atoms with Crippen LogP contribution in [0.2, 0.25) is 5.02 Å². The first-order valence-corrected chi connectivity index (χ1v) is 5.98. The summed E-state index contributed by atoms with van der Waals surface area (Å²) in [6.45, 7) is 6.02. The van der Waals surface area contributed by atoms with E-state index in [0.29, 0.717) is 5.69 Å². The fourth-order valence-corrected chi connectivity index (χ4v) is 1.46. The van der Waals surface area contributed by atoms with Gasteiger partial charge in [-0.1, -0.05) is 11.6 Å². The van der Waals surface area contributed by atoms with E-state index in [2.05, 4.69) is 9.63 Å². The molecule has 1 rings (SSSR count). The van der Waals surface area contributed by atoms with E-state index in [1.54, 1.807) is 0 Å². The molecule has 1 aromatic carbocycles. The van der Waals surface area contributed by atoms with Crippen molar-refractivity contribution in [2.24, 2.45) is 9.63 Å². The Hall–Kier alpha value is -1.14. The average Bonchev–Trinajstić information content (AvgIpc) is 2.18.